The van der Waals surface area contributed by atoms with E-state index in [1.54, 1.807) is 41.3 Å². The van der Waals surface area contributed by atoms with E-state index < -0.39 is 5.79 Å². The molecule has 0 radical (unpaired) electrons. The van der Waals surface area contributed by atoms with Crippen LogP contribution in [0.15, 0.2) is 66.7 Å². The van der Waals surface area contributed by atoms with Gasteiger partial charge in [0, 0.05) is 29.2 Å². The lowest BCUT2D eigenvalue weighted by Gasteiger charge is -2.29. The summed E-state index contributed by atoms with van der Waals surface area (Å²) in [5.74, 6) is -0.329. The van der Waals surface area contributed by atoms with E-state index in [0.717, 1.165) is 5.56 Å². The Kier molecular flexibility index (Phi) is 5.26. The van der Waals surface area contributed by atoms with Crippen molar-refractivity contribution in [3.63, 3.8) is 0 Å². The van der Waals surface area contributed by atoms with Crippen molar-refractivity contribution in [1.82, 2.24) is 4.90 Å². The summed E-state index contributed by atoms with van der Waals surface area (Å²) in [6, 6.07) is 20.0. The Balaban J connectivity index is 1.55. The van der Waals surface area contributed by atoms with E-state index in [9.17, 15) is 4.79 Å². The highest BCUT2D eigenvalue weighted by Crippen LogP contribution is 2.49. The fourth-order valence-corrected chi connectivity index (χ4v) is 4.41. The minimum Gasteiger partial charge on any atom is -0.440 e. The summed E-state index contributed by atoms with van der Waals surface area (Å²) >= 11 is 12.7. The smallest absolute Gasteiger partial charge is 0.307 e. The van der Waals surface area contributed by atoms with Crippen LogP contribution in [0.5, 0.6) is 11.5 Å². The van der Waals surface area contributed by atoms with Crippen LogP contribution in [0.1, 0.15) is 21.5 Å². The van der Waals surface area contributed by atoms with Gasteiger partial charge >= 0.3 is 5.79 Å². The number of hydrogen-bond acceptors (Lipinski definition) is 4. The van der Waals surface area contributed by atoms with Gasteiger partial charge in [0.05, 0.1) is 23.8 Å². The number of fused-ring (bicyclic) bond motifs is 1. The van der Waals surface area contributed by atoms with E-state index in [1.165, 1.54) is 0 Å². The van der Waals surface area contributed by atoms with Crippen molar-refractivity contribution < 1.29 is 19.0 Å². The second kappa shape index (κ2) is 8.08. The number of ether oxygens (including phenoxy) is 3. The average molecular weight is 456 g/mol. The SMILES string of the molecule is O=C(c1ccc2c(c1)OC(c1ccccc1)(c1ccc(Cl)cc1Cl)O2)N1CCOCC1. The van der Waals surface area contributed by atoms with Gasteiger partial charge < -0.3 is 19.1 Å². The number of hydrogen-bond donors (Lipinski definition) is 0. The maximum atomic E-state index is 12.9. The van der Waals surface area contributed by atoms with Crippen LogP contribution < -0.4 is 9.47 Å². The molecular weight excluding hydrogens is 437 g/mol. The van der Waals surface area contributed by atoms with Gasteiger partial charge in [-0.2, -0.15) is 0 Å². The van der Waals surface area contributed by atoms with Crippen LogP contribution >= 0.6 is 23.2 Å². The number of morpholine rings is 1. The van der Waals surface area contributed by atoms with Gasteiger partial charge in [-0.15, -0.1) is 0 Å². The second-order valence-electron chi connectivity index (χ2n) is 7.38. The Morgan fingerprint density at radius 1 is 0.871 bits per heavy atom. The minimum absolute atomic E-state index is 0.0589. The molecule has 2 aliphatic heterocycles. The number of carbonyl (C=O) groups is 1. The highest BCUT2D eigenvalue weighted by molar-refractivity contribution is 6.35. The first-order valence-electron chi connectivity index (χ1n) is 9.97. The quantitative estimate of drug-likeness (QED) is 0.548. The topological polar surface area (TPSA) is 48.0 Å². The summed E-state index contributed by atoms with van der Waals surface area (Å²) in [7, 11) is 0. The monoisotopic (exact) mass is 455 g/mol. The Hall–Kier alpha value is -2.73. The molecule has 31 heavy (non-hydrogen) atoms. The predicted octanol–water partition coefficient (Wildman–Crippen LogP) is 5.14. The van der Waals surface area contributed by atoms with Crippen molar-refractivity contribution in [2.45, 2.75) is 5.79 Å². The molecule has 5 rings (SSSR count). The van der Waals surface area contributed by atoms with Gasteiger partial charge in [0.25, 0.3) is 5.91 Å². The predicted molar refractivity (Wildman–Crippen MR) is 118 cm³/mol. The molecule has 158 valence electrons. The first kappa shape index (κ1) is 20.2. The van der Waals surface area contributed by atoms with E-state index in [-0.39, 0.29) is 5.91 Å². The molecule has 0 spiro atoms. The Bertz CT molecular complexity index is 1130. The lowest BCUT2D eigenvalue weighted by Crippen LogP contribution is -2.40. The molecule has 3 aromatic carbocycles. The Morgan fingerprint density at radius 3 is 2.35 bits per heavy atom. The molecule has 7 heteroatoms. The summed E-state index contributed by atoms with van der Waals surface area (Å²) < 4.78 is 18.1. The molecule has 1 fully saturated rings. The van der Waals surface area contributed by atoms with E-state index in [4.69, 9.17) is 37.4 Å². The molecule has 3 aromatic rings. The normalized spacial score (nSPS) is 20.0. The van der Waals surface area contributed by atoms with Gasteiger partial charge in [0.1, 0.15) is 0 Å². The molecule has 0 bridgehead atoms. The van der Waals surface area contributed by atoms with Crippen molar-refractivity contribution in [3.8, 4) is 11.5 Å². The lowest BCUT2D eigenvalue weighted by atomic mass is 9.97. The van der Waals surface area contributed by atoms with Crippen molar-refractivity contribution in [3.05, 3.63) is 93.5 Å². The third-order valence-corrected chi connectivity index (χ3v) is 5.98. The van der Waals surface area contributed by atoms with Gasteiger partial charge in [-0.3, -0.25) is 4.79 Å². The number of benzene rings is 3. The maximum Gasteiger partial charge on any atom is 0.307 e. The maximum absolute atomic E-state index is 12.9. The second-order valence-corrected chi connectivity index (χ2v) is 8.22. The average Bonchev–Trinajstić information content (AvgIpc) is 3.19. The van der Waals surface area contributed by atoms with Gasteiger partial charge in [-0.05, 0) is 36.4 Å². The fourth-order valence-electron chi connectivity index (χ4n) is 3.88. The molecule has 2 aliphatic rings. The summed E-state index contributed by atoms with van der Waals surface area (Å²) in [6.07, 6.45) is 0. The van der Waals surface area contributed by atoms with Crippen LogP contribution in [-0.2, 0) is 10.5 Å². The molecule has 0 aromatic heterocycles. The number of halogens is 2. The summed E-state index contributed by atoms with van der Waals surface area (Å²) in [5.41, 5.74) is 1.94. The first-order chi connectivity index (χ1) is 15.1. The van der Waals surface area contributed by atoms with Crippen molar-refractivity contribution in [1.29, 1.82) is 0 Å². The van der Waals surface area contributed by atoms with Gasteiger partial charge in [0.2, 0.25) is 0 Å². The van der Waals surface area contributed by atoms with Crippen LogP contribution in [0, 0.1) is 0 Å². The lowest BCUT2D eigenvalue weighted by molar-refractivity contribution is -0.0458. The molecule has 0 N–H and O–H groups in total. The minimum atomic E-state index is -1.29. The standard InChI is InChI=1S/C24H19Cl2NO4/c25-18-7-8-19(20(26)15-18)24(17-4-2-1-3-5-17)30-21-9-6-16(14-22(21)31-24)23(28)27-10-12-29-13-11-27/h1-9,14-15H,10-13H2. The molecule has 2 heterocycles. The van der Waals surface area contributed by atoms with Crippen LogP contribution in [-0.4, -0.2) is 37.1 Å². The van der Waals surface area contributed by atoms with Gasteiger partial charge in [-0.25, -0.2) is 0 Å². The highest BCUT2D eigenvalue weighted by atomic mass is 35.5. The van der Waals surface area contributed by atoms with E-state index in [1.807, 2.05) is 30.3 Å². The summed E-state index contributed by atoms with van der Waals surface area (Å²) in [5, 5.41) is 0.944. The third-order valence-electron chi connectivity index (χ3n) is 5.44. The van der Waals surface area contributed by atoms with Crippen LogP contribution in [0.2, 0.25) is 10.0 Å². The molecule has 1 unspecified atom stereocenters. The molecule has 5 nitrogen and oxygen atoms in total. The highest BCUT2D eigenvalue weighted by Gasteiger charge is 2.47. The largest absolute Gasteiger partial charge is 0.440 e. The van der Waals surface area contributed by atoms with Crippen molar-refractivity contribution in [2.75, 3.05) is 26.3 Å². The van der Waals surface area contributed by atoms with Crippen molar-refractivity contribution in [2.24, 2.45) is 0 Å². The number of carbonyl (C=O) groups excluding carboxylic acids is 1. The molecule has 1 saturated heterocycles. The molecule has 1 atom stereocenters. The summed E-state index contributed by atoms with van der Waals surface area (Å²) in [6.45, 7) is 2.23. The van der Waals surface area contributed by atoms with E-state index in [0.29, 0.717) is 59.0 Å². The zero-order valence-corrected chi connectivity index (χ0v) is 18.0. The number of rotatable bonds is 3. The zero-order valence-electron chi connectivity index (χ0n) is 16.5. The molecular formula is C24H19Cl2NO4. The molecule has 1 amide bonds. The first-order valence-corrected chi connectivity index (χ1v) is 10.7. The fraction of sp³-hybridized carbons (Fsp3) is 0.208. The van der Waals surface area contributed by atoms with E-state index >= 15 is 0 Å². The Labute approximate surface area is 190 Å². The zero-order chi connectivity index (χ0) is 21.4. The van der Waals surface area contributed by atoms with Gasteiger partial charge in [0.15, 0.2) is 11.5 Å². The molecule has 0 saturated carbocycles. The number of nitrogens with zero attached hydrogens (tertiary/aromatic N) is 1. The molecule has 0 aliphatic carbocycles. The van der Waals surface area contributed by atoms with Crippen LogP contribution in [0.4, 0.5) is 0 Å². The van der Waals surface area contributed by atoms with Crippen molar-refractivity contribution >= 4 is 29.1 Å². The van der Waals surface area contributed by atoms with Crippen LogP contribution in [0.25, 0.3) is 0 Å². The summed E-state index contributed by atoms with van der Waals surface area (Å²) in [4.78, 5) is 14.7. The Morgan fingerprint density at radius 2 is 1.61 bits per heavy atom. The third kappa shape index (κ3) is 3.63. The van der Waals surface area contributed by atoms with Crippen LogP contribution in [0.3, 0.4) is 0 Å². The van der Waals surface area contributed by atoms with E-state index in [2.05, 4.69) is 0 Å². The number of amides is 1. The van der Waals surface area contributed by atoms with Gasteiger partial charge in [-0.1, -0.05) is 53.5 Å².